The molecule has 7 nitrogen and oxygen atoms in total. The summed E-state index contributed by atoms with van der Waals surface area (Å²) in [6.07, 6.45) is 1.19. The lowest BCUT2D eigenvalue weighted by Crippen LogP contribution is -2.52. The van der Waals surface area contributed by atoms with Crippen molar-refractivity contribution in [3.8, 4) is 11.5 Å². The smallest absolute Gasteiger partial charge is 0.243 e. The van der Waals surface area contributed by atoms with Gasteiger partial charge in [0.05, 0.1) is 31.8 Å². The number of methoxy groups -OCH3 is 2. The van der Waals surface area contributed by atoms with Crippen LogP contribution in [0.15, 0.2) is 53.4 Å². The molecule has 8 heteroatoms. The largest absolute Gasteiger partial charge is 0.497 e. The van der Waals surface area contributed by atoms with Gasteiger partial charge in [0.1, 0.15) is 17.2 Å². The summed E-state index contributed by atoms with van der Waals surface area (Å²) in [6, 6.07) is 14.6. The lowest BCUT2D eigenvalue weighted by molar-refractivity contribution is -0.0446. The molecule has 0 aliphatic carbocycles. The van der Waals surface area contributed by atoms with Crippen molar-refractivity contribution < 1.29 is 22.6 Å². The molecular weight excluding hydrogens is 392 g/mol. The Morgan fingerprint density at radius 2 is 1.69 bits per heavy atom. The average Bonchev–Trinajstić information content (AvgIpc) is 3.17. The van der Waals surface area contributed by atoms with Crippen LogP contribution in [0, 0.1) is 0 Å². The highest BCUT2D eigenvalue weighted by molar-refractivity contribution is 7.89. The summed E-state index contributed by atoms with van der Waals surface area (Å²) in [7, 11) is -0.386. The highest BCUT2D eigenvalue weighted by Crippen LogP contribution is 2.36. The highest BCUT2D eigenvalue weighted by atomic mass is 32.2. The van der Waals surface area contributed by atoms with E-state index in [-0.39, 0.29) is 10.9 Å². The third-order valence-electron chi connectivity index (χ3n) is 5.67. The molecule has 2 fully saturated rings. The summed E-state index contributed by atoms with van der Waals surface area (Å²) >= 11 is 0. The molecule has 1 atom stereocenters. The van der Waals surface area contributed by atoms with Crippen molar-refractivity contribution in [1.29, 1.82) is 0 Å². The van der Waals surface area contributed by atoms with E-state index in [0.717, 1.165) is 11.3 Å². The van der Waals surface area contributed by atoms with Crippen molar-refractivity contribution >= 4 is 10.0 Å². The zero-order valence-electron chi connectivity index (χ0n) is 16.6. The van der Waals surface area contributed by atoms with E-state index >= 15 is 0 Å². The first-order valence-corrected chi connectivity index (χ1v) is 11.1. The van der Waals surface area contributed by atoms with Crippen LogP contribution in [0.4, 0.5) is 0 Å². The van der Waals surface area contributed by atoms with Crippen molar-refractivity contribution in [1.82, 2.24) is 9.62 Å². The number of ether oxygens (including phenoxy) is 3. The number of hydrogen-bond acceptors (Lipinski definition) is 6. The molecule has 1 N–H and O–H groups in total. The first-order valence-electron chi connectivity index (χ1n) is 9.66. The molecule has 0 bridgehead atoms. The molecule has 0 amide bonds. The molecule has 2 aromatic rings. The van der Waals surface area contributed by atoms with Crippen LogP contribution in [0.25, 0.3) is 0 Å². The Hall–Kier alpha value is -2.13. The van der Waals surface area contributed by atoms with Gasteiger partial charge in [0.2, 0.25) is 10.0 Å². The maximum absolute atomic E-state index is 13.0. The number of nitrogens with one attached hydrogen (secondary N) is 1. The normalized spacial score (nSPS) is 21.9. The summed E-state index contributed by atoms with van der Waals surface area (Å²) in [4.78, 5) is 0.252. The van der Waals surface area contributed by atoms with Crippen molar-refractivity contribution in [2.24, 2.45) is 0 Å². The lowest BCUT2D eigenvalue weighted by Gasteiger charge is -2.38. The van der Waals surface area contributed by atoms with Gasteiger partial charge < -0.3 is 14.2 Å². The molecule has 4 rings (SSSR count). The molecule has 1 spiro atoms. The van der Waals surface area contributed by atoms with Crippen LogP contribution in [0.2, 0.25) is 0 Å². The van der Waals surface area contributed by atoms with Crippen molar-refractivity contribution in [3.63, 3.8) is 0 Å². The Morgan fingerprint density at radius 3 is 2.38 bits per heavy atom. The minimum Gasteiger partial charge on any atom is -0.497 e. The summed E-state index contributed by atoms with van der Waals surface area (Å²) in [6.45, 7) is 1.35. The van der Waals surface area contributed by atoms with Crippen molar-refractivity contribution in [3.05, 3.63) is 54.1 Å². The molecule has 2 aromatic carbocycles. The Kier molecular flexibility index (Phi) is 5.52. The van der Waals surface area contributed by atoms with Crippen LogP contribution in [-0.2, 0) is 14.8 Å². The molecule has 1 unspecified atom stereocenters. The third kappa shape index (κ3) is 3.98. The molecule has 29 heavy (non-hydrogen) atoms. The second-order valence-corrected chi connectivity index (χ2v) is 9.30. The van der Waals surface area contributed by atoms with Gasteiger partial charge in [-0.2, -0.15) is 4.31 Å². The Morgan fingerprint density at radius 1 is 1.03 bits per heavy atom. The molecule has 2 aliphatic heterocycles. The van der Waals surface area contributed by atoms with E-state index in [2.05, 4.69) is 5.32 Å². The molecule has 2 aliphatic rings. The number of benzene rings is 2. The van der Waals surface area contributed by atoms with Crippen LogP contribution < -0.4 is 14.8 Å². The number of hydrogen-bond donors (Lipinski definition) is 1. The van der Waals surface area contributed by atoms with Crippen LogP contribution >= 0.6 is 0 Å². The SMILES string of the molecule is COc1cccc(C2COC3(CCN(S(=O)(=O)c4cccc(OC)c4)CC3)N2)c1. The van der Waals surface area contributed by atoms with E-state index in [1.807, 2.05) is 24.3 Å². The van der Waals surface area contributed by atoms with Gasteiger partial charge in [-0.15, -0.1) is 0 Å². The Labute approximate surface area is 171 Å². The maximum Gasteiger partial charge on any atom is 0.243 e. The van der Waals surface area contributed by atoms with E-state index in [1.165, 1.54) is 11.4 Å². The highest BCUT2D eigenvalue weighted by Gasteiger charge is 2.44. The maximum atomic E-state index is 13.0. The van der Waals surface area contributed by atoms with Gasteiger partial charge in [0.15, 0.2) is 0 Å². The van der Waals surface area contributed by atoms with Crippen molar-refractivity contribution in [2.75, 3.05) is 33.9 Å². The summed E-state index contributed by atoms with van der Waals surface area (Å²) in [5, 5.41) is 3.58. The summed E-state index contributed by atoms with van der Waals surface area (Å²) in [5.41, 5.74) is 0.612. The molecular formula is C21H26N2O5S. The Balaban J connectivity index is 1.44. The monoisotopic (exact) mass is 418 g/mol. The lowest BCUT2D eigenvalue weighted by atomic mass is 10.0. The predicted octanol–water partition coefficient (Wildman–Crippen LogP) is 2.55. The van der Waals surface area contributed by atoms with Gasteiger partial charge in [0.25, 0.3) is 0 Å². The second kappa shape index (κ2) is 7.95. The van der Waals surface area contributed by atoms with Crippen LogP contribution in [0.3, 0.4) is 0 Å². The van der Waals surface area contributed by atoms with Crippen LogP contribution in [-0.4, -0.2) is 52.4 Å². The number of piperidine rings is 1. The predicted molar refractivity (Wildman–Crippen MR) is 109 cm³/mol. The number of nitrogens with zero attached hydrogens (tertiary/aromatic N) is 1. The second-order valence-electron chi connectivity index (χ2n) is 7.36. The van der Waals surface area contributed by atoms with Gasteiger partial charge in [-0.25, -0.2) is 8.42 Å². The zero-order valence-corrected chi connectivity index (χ0v) is 17.4. The molecule has 0 radical (unpaired) electrons. The standard InChI is InChI=1S/C21H26N2O5S/c1-26-17-6-3-5-16(13-17)20-15-28-21(22-20)9-11-23(12-10-21)29(24,25)19-8-4-7-18(14-19)27-2/h3-8,13-14,20,22H,9-12,15H2,1-2H3. The summed E-state index contributed by atoms with van der Waals surface area (Å²) < 4.78 is 44.1. The number of sulfonamides is 1. The van der Waals surface area contributed by atoms with Gasteiger partial charge in [-0.1, -0.05) is 18.2 Å². The van der Waals surface area contributed by atoms with Gasteiger partial charge in [0, 0.05) is 32.0 Å². The third-order valence-corrected chi connectivity index (χ3v) is 7.56. The van der Waals surface area contributed by atoms with Gasteiger partial charge >= 0.3 is 0 Å². The fourth-order valence-corrected chi connectivity index (χ4v) is 5.45. The van der Waals surface area contributed by atoms with E-state index in [1.54, 1.807) is 31.4 Å². The van der Waals surface area contributed by atoms with E-state index < -0.39 is 15.7 Å². The first-order chi connectivity index (χ1) is 14.0. The van der Waals surface area contributed by atoms with Gasteiger partial charge in [-0.05, 0) is 29.8 Å². The van der Waals surface area contributed by atoms with Crippen LogP contribution in [0.5, 0.6) is 11.5 Å². The fourth-order valence-electron chi connectivity index (χ4n) is 3.97. The molecule has 0 saturated carbocycles. The molecule has 2 heterocycles. The summed E-state index contributed by atoms with van der Waals surface area (Å²) in [5.74, 6) is 1.34. The minimum atomic E-state index is -3.56. The van der Waals surface area contributed by atoms with Gasteiger partial charge in [-0.3, -0.25) is 5.32 Å². The minimum absolute atomic E-state index is 0.0617. The topological polar surface area (TPSA) is 77.1 Å². The zero-order chi connectivity index (χ0) is 20.5. The van der Waals surface area contributed by atoms with E-state index in [4.69, 9.17) is 14.2 Å². The molecule has 0 aromatic heterocycles. The first kappa shape index (κ1) is 20.2. The van der Waals surface area contributed by atoms with Crippen LogP contribution in [0.1, 0.15) is 24.4 Å². The van der Waals surface area contributed by atoms with E-state index in [0.29, 0.717) is 38.3 Å². The Bertz CT molecular complexity index is 971. The van der Waals surface area contributed by atoms with Crippen molar-refractivity contribution in [2.45, 2.75) is 29.5 Å². The average molecular weight is 419 g/mol. The molecule has 156 valence electrons. The number of rotatable bonds is 5. The fraction of sp³-hybridized carbons (Fsp3) is 0.429. The molecule has 2 saturated heterocycles. The quantitative estimate of drug-likeness (QED) is 0.804. The van der Waals surface area contributed by atoms with E-state index in [9.17, 15) is 8.42 Å².